The van der Waals surface area contributed by atoms with E-state index in [4.69, 9.17) is 4.74 Å². The largest absolute Gasteiger partial charge is 0.456 e. The molecule has 0 aliphatic carbocycles. The summed E-state index contributed by atoms with van der Waals surface area (Å²) in [6.45, 7) is 2.34. The van der Waals surface area contributed by atoms with E-state index in [2.05, 4.69) is 24.3 Å². The molecular formula is C21H21N5O2P+. The number of aromatic nitrogens is 1. The minimum absolute atomic E-state index is 0.155. The molecule has 2 aromatic rings. The lowest BCUT2D eigenvalue weighted by Gasteiger charge is -2.27. The Bertz CT molecular complexity index is 1030. The van der Waals surface area contributed by atoms with E-state index < -0.39 is 5.40 Å². The topological polar surface area (TPSA) is 70.5 Å². The van der Waals surface area contributed by atoms with Gasteiger partial charge in [-0.05, 0) is 24.1 Å². The van der Waals surface area contributed by atoms with Gasteiger partial charge in [-0.3, -0.25) is 0 Å². The number of hydrazone groups is 1. The van der Waals surface area contributed by atoms with Crippen molar-refractivity contribution in [2.45, 2.75) is 25.5 Å². The molecule has 0 spiro atoms. The molecule has 7 nitrogen and oxygen atoms in total. The third-order valence-electron chi connectivity index (χ3n) is 4.39. The van der Waals surface area contributed by atoms with Crippen LogP contribution in [0.15, 0.2) is 76.0 Å². The number of nitrogens with zero attached hydrogens (tertiary/aromatic N) is 5. The van der Waals surface area contributed by atoms with Crippen molar-refractivity contribution < 1.29 is 14.1 Å². The second kappa shape index (κ2) is 8.05. The first-order chi connectivity index (χ1) is 14.0. The fourth-order valence-electron chi connectivity index (χ4n) is 2.88. The molecule has 1 aromatic heterocycles. The summed E-state index contributed by atoms with van der Waals surface area (Å²) >= 11 is 0. The van der Waals surface area contributed by atoms with Gasteiger partial charge in [0.2, 0.25) is 6.54 Å². The first kappa shape index (κ1) is 19.2. The summed E-state index contributed by atoms with van der Waals surface area (Å²) in [6.07, 6.45) is 9.10. The number of hydrogen-bond acceptors (Lipinski definition) is 6. The molecule has 29 heavy (non-hydrogen) atoms. The van der Waals surface area contributed by atoms with Crippen LogP contribution in [0.2, 0.25) is 0 Å². The van der Waals surface area contributed by atoms with E-state index in [9.17, 15) is 4.79 Å². The fraction of sp³-hybridized carbons (Fsp3) is 0.190. The van der Waals surface area contributed by atoms with E-state index in [1.807, 2.05) is 67.9 Å². The standard InChI is InChI=1S/C21H21N5O2P/c1-21(29)22-15-26-19(24-21)11-18(12-23-26)17-7-9-25(10-8-17)13-20(27)28-14-16-5-3-2-4-6-16/h2-12,15H,13-14,29H2,1H3/q+1. The van der Waals surface area contributed by atoms with Crippen molar-refractivity contribution in [3.63, 3.8) is 0 Å². The van der Waals surface area contributed by atoms with E-state index in [-0.39, 0.29) is 19.1 Å². The van der Waals surface area contributed by atoms with Crippen molar-refractivity contribution >= 4 is 39.2 Å². The third kappa shape index (κ3) is 4.81. The lowest BCUT2D eigenvalue weighted by molar-refractivity contribution is -0.686. The van der Waals surface area contributed by atoms with Gasteiger partial charge in [-0.25, -0.2) is 19.8 Å². The van der Waals surface area contributed by atoms with Crippen LogP contribution < -0.4 is 4.57 Å². The van der Waals surface area contributed by atoms with Gasteiger partial charge in [0.15, 0.2) is 23.6 Å². The summed E-state index contributed by atoms with van der Waals surface area (Å²) in [5.41, 5.74) is 2.89. The molecule has 8 heteroatoms. The minimum atomic E-state index is -0.569. The summed E-state index contributed by atoms with van der Waals surface area (Å²) in [6, 6.07) is 13.5. The highest BCUT2D eigenvalue weighted by Crippen LogP contribution is 2.26. The normalized spacial score (nSPS) is 20.0. The van der Waals surface area contributed by atoms with E-state index in [1.165, 1.54) is 0 Å². The molecule has 4 rings (SSSR count). The number of hydrogen-bond donors (Lipinski definition) is 0. The molecule has 0 bridgehead atoms. The molecule has 0 amide bonds. The van der Waals surface area contributed by atoms with Crippen molar-refractivity contribution in [1.29, 1.82) is 0 Å². The van der Waals surface area contributed by atoms with Crippen LogP contribution >= 0.6 is 9.24 Å². The van der Waals surface area contributed by atoms with E-state index >= 15 is 0 Å². The van der Waals surface area contributed by atoms with Crippen LogP contribution in [0.1, 0.15) is 18.1 Å². The highest BCUT2D eigenvalue weighted by atomic mass is 31.0. The molecule has 0 fully saturated rings. The predicted octanol–water partition coefficient (Wildman–Crippen LogP) is 2.39. The Morgan fingerprint density at radius 2 is 1.97 bits per heavy atom. The Balaban J connectivity index is 1.39. The van der Waals surface area contributed by atoms with Crippen molar-refractivity contribution in [2.24, 2.45) is 15.1 Å². The number of ether oxygens (including phenoxy) is 1. The zero-order chi connectivity index (χ0) is 20.3. The van der Waals surface area contributed by atoms with Crippen molar-refractivity contribution in [2.75, 3.05) is 0 Å². The van der Waals surface area contributed by atoms with Crippen LogP contribution in [0.5, 0.6) is 0 Å². The molecule has 2 unspecified atom stereocenters. The van der Waals surface area contributed by atoms with Gasteiger partial charge < -0.3 is 4.74 Å². The minimum Gasteiger partial charge on any atom is -0.456 e. The molecular weight excluding hydrogens is 385 g/mol. The van der Waals surface area contributed by atoms with Gasteiger partial charge in [0.05, 0.1) is 6.21 Å². The number of esters is 1. The summed E-state index contributed by atoms with van der Waals surface area (Å²) in [7, 11) is 2.61. The Labute approximate surface area is 171 Å². The van der Waals surface area contributed by atoms with E-state index in [1.54, 1.807) is 22.1 Å². The summed E-state index contributed by atoms with van der Waals surface area (Å²) in [4.78, 5) is 20.9. The zero-order valence-corrected chi connectivity index (χ0v) is 17.1. The maximum absolute atomic E-state index is 12.1. The monoisotopic (exact) mass is 406 g/mol. The smallest absolute Gasteiger partial charge is 0.373 e. The average molecular weight is 406 g/mol. The van der Waals surface area contributed by atoms with Gasteiger partial charge >= 0.3 is 5.97 Å². The van der Waals surface area contributed by atoms with Gasteiger partial charge in [-0.15, -0.1) is 0 Å². The number of pyridine rings is 1. The Kier molecular flexibility index (Phi) is 5.32. The first-order valence-corrected chi connectivity index (χ1v) is 9.74. The predicted molar refractivity (Wildman–Crippen MR) is 115 cm³/mol. The number of fused-ring (bicyclic) bond motifs is 1. The number of amidine groups is 1. The molecule has 3 heterocycles. The molecule has 2 aliphatic heterocycles. The highest BCUT2D eigenvalue weighted by molar-refractivity contribution is 7.18. The molecule has 0 N–H and O–H groups in total. The van der Waals surface area contributed by atoms with Gasteiger partial charge in [0.1, 0.15) is 12.9 Å². The van der Waals surface area contributed by atoms with Crippen LogP contribution in [-0.4, -0.2) is 34.8 Å². The quantitative estimate of drug-likeness (QED) is 0.435. The van der Waals surface area contributed by atoms with Gasteiger partial charge in [0, 0.05) is 17.7 Å². The lowest BCUT2D eigenvalue weighted by Crippen LogP contribution is -2.38. The average Bonchev–Trinajstić information content (AvgIpc) is 2.72. The molecule has 1 aromatic carbocycles. The third-order valence-corrected chi connectivity index (χ3v) is 4.67. The number of benzene rings is 1. The molecule has 2 atom stereocenters. The molecule has 0 radical (unpaired) electrons. The van der Waals surface area contributed by atoms with E-state index in [0.29, 0.717) is 0 Å². The molecule has 0 saturated heterocycles. The first-order valence-electron chi connectivity index (χ1n) is 9.17. The fourth-order valence-corrected chi connectivity index (χ4v) is 3.08. The Morgan fingerprint density at radius 1 is 1.21 bits per heavy atom. The van der Waals surface area contributed by atoms with Gasteiger partial charge in [-0.1, -0.05) is 39.6 Å². The van der Waals surface area contributed by atoms with Gasteiger partial charge in [-0.2, -0.15) is 9.67 Å². The number of carbonyl (C=O) groups excluding carboxylic acids is 1. The van der Waals surface area contributed by atoms with Crippen molar-refractivity contribution in [3.8, 4) is 0 Å². The zero-order valence-electron chi connectivity index (χ0n) is 16.0. The number of allylic oxidation sites excluding steroid dienone is 1. The van der Waals surface area contributed by atoms with Crippen molar-refractivity contribution in [1.82, 2.24) is 5.01 Å². The van der Waals surface area contributed by atoms with Gasteiger partial charge in [0.25, 0.3) is 0 Å². The number of carbonyl (C=O) groups is 1. The summed E-state index contributed by atoms with van der Waals surface area (Å²) in [5, 5.41) is 5.44. The van der Waals surface area contributed by atoms with Crippen LogP contribution in [0.4, 0.5) is 0 Å². The number of rotatable bonds is 5. The number of aliphatic imine (C=N–C) groups is 2. The van der Waals surface area contributed by atoms with Crippen LogP contribution in [-0.2, 0) is 22.7 Å². The SMILES string of the molecule is CC1(P)N=CN2N=CC(c3cc[n+](CC(=O)OCc4ccccc4)cc3)=CC2=N1. The highest BCUT2D eigenvalue weighted by Gasteiger charge is 2.24. The maximum Gasteiger partial charge on any atom is 0.373 e. The molecule has 2 aliphatic rings. The summed E-state index contributed by atoms with van der Waals surface area (Å²) < 4.78 is 7.12. The lowest BCUT2D eigenvalue weighted by atomic mass is 10.1. The second-order valence-corrected chi connectivity index (χ2v) is 8.00. The molecule has 146 valence electrons. The van der Waals surface area contributed by atoms with Crippen LogP contribution in [0.25, 0.3) is 5.57 Å². The Morgan fingerprint density at radius 3 is 2.72 bits per heavy atom. The van der Waals surface area contributed by atoms with Crippen LogP contribution in [0, 0.1) is 0 Å². The Hall–Kier alpha value is -3.18. The van der Waals surface area contributed by atoms with E-state index in [0.717, 1.165) is 22.5 Å². The summed E-state index contributed by atoms with van der Waals surface area (Å²) in [5.74, 6) is 0.451. The molecule has 0 saturated carbocycles. The van der Waals surface area contributed by atoms with Crippen LogP contribution in [0.3, 0.4) is 0 Å². The van der Waals surface area contributed by atoms with Crippen molar-refractivity contribution in [3.05, 3.63) is 72.1 Å². The maximum atomic E-state index is 12.1. The second-order valence-electron chi connectivity index (χ2n) is 6.90.